The van der Waals surface area contributed by atoms with Crippen molar-refractivity contribution in [3.63, 3.8) is 0 Å². The standard InChI is InChI=1S/C48H35F9N8.Mn/c1-2-62-23-7-3-11-38(62)42-30-15-17-32(58-30)43(39-12-4-8-24-63(39)27-46(49,50)51)34-19-21-36(60-34)45(41-14-6-10-26-65(41)29-48(55,56)57)37-22-20-35(61-37)44(33-18-16-31(42)59-33)40-13-5-9-25-64(40)28-47(52,53)54;/h3-26H,2,27-29H2,1H3;/q2*+2. The van der Waals surface area contributed by atoms with Crippen LogP contribution >= 0.6 is 0 Å². The average molecular weight is 950 g/mol. The summed E-state index contributed by atoms with van der Waals surface area (Å²) in [6.07, 6.45) is -1.76. The number of halogens is 9. The smallest absolute Gasteiger partial charge is 0.656 e. The van der Waals surface area contributed by atoms with E-state index in [1.807, 2.05) is 35.9 Å². The summed E-state index contributed by atoms with van der Waals surface area (Å²) >= 11 is 0. The van der Waals surface area contributed by atoms with E-state index in [9.17, 15) is 39.5 Å². The van der Waals surface area contributed by atoms with Crippen molar-refractivity contribution in [1.29, 1.82) is 0 Å². The van der Waals surface area contributed by atoms with Crippen molar-refractivity contribution in [2.45, 2.75) is 51.6 Å². The number of fused-ring (bicyclic) bond motifs is 8. The maximum Gasteiger partial charge on any atom is 2.00 e. The van der Waals surface area contributed by atoms with Gasteiger partial charge < -0.3 is 9.97 Å². The molecule has 0 unspecified atom stereocenters. The van der Waals surface area contributed by atoms with Crippen molar-refractivity contribution in [2.75, 3.05) is 0 Å². The first kappa shape index (κ1) is 45.6. The normalized spacial score (nSPS) is 12.7. The van der Waals surface area contributed by atoms with E-state index in [4.69, 9.17) is 19.9 Å². The van der Waals surface area contributed by atoms with Crippen molar-refractivity contribution < 1.29 is 74.9 Å². The Bertz CT molecular complexity index is 3160. The van der Waals surface area contributed by atoms with Crippen LogP contribution in [0.2, 0.25) is 0 Å². The summed E-state index contributed by atoms with van der Waals surface area (Å²) < 4.78 is 133. The van der Waals surface area contributed by atoms with Gasteiger partial charge in [-0.05, 0) is 55.5 Å². The second-order valence-electron chi connectivity index (χ2n) is 15.2. The van der Waals surface area contributed by atoms with Crippen LogP contribution in [0.25, 0.3) is 91.4 Å². The molecule has 66 heavy (non-hydrogen) atoms. The first-order chi connectivity index (χ1) is 31.0. The van der Waals surface area contributed by atoms with Crippen LogP contribution < -0.4 is 28.2 Å². The zero-order chi connectivity index (χ0) is 45.7. The third-order valence-electron chi connectivity index (χ3n) is 10.8. The van der Waals surface area contributed by atoms with Crippen molar-refractivity contribution >= 4 is 46.4 Å². The fraction of sp³-hybridized carbons (Fsp3) is 0.167. The second kappa shape index (κ2) is 17.8. The molecular weight excluding hydrogens is 915 g/mol. The van der Waals surface area contributed by atoms with E-state index >= 15 is 0 Å². The first-order valence-corrected chi connectivity index (χ1v) is 20.2. The Kier molecular flexibility index (Phi) is 12.3. The van der Waals surface area contributed by atoms with Crippen LogP contribution in [0.5, 0.6) is 0 Å². The second-order valence-corrected chi connectivity index (χ2v) is 15.2. The predicted molar refractivity (Wildman–Crippen MR) is 223 cm³/mol. The van der Waals surface area contributed by atoms with E-state index in [0.717, 1.165) is 13.7 Å². The van der Waals surface area contributed by atoms with Gasteiger partial charge in [0, 0.05) is 48.5 Å². The molecule has 8 nitrogen and oxygen atoms in total. The Balaban J connectivity index is 0.00000592. The molecule has 1 radical (unpaired) electrons. The molecule has 7 aromatic heterocycles. The summed E-state index contributed by atoms with van der Waals surface area (Å²) in [5, 5.41) is 0. The van der Waals surface area contributed by atoms with Gasteiger partial charge >= 0.3 is 35.6 Å². The third kappa shape index (κ3) is 9.42. The average Bonchev–Trinajstić information content (AvgIpc) is 4.09. The van der Waals surface area contributed by atoms with Crippen LogP contribution in [0, 0.1) is 0 Å². The summed E-state index contributed by atoms with van der Waals surface area (Å²) in [7, 11) is 0. The van der Waals surface area contributed by atoms with Crippen LogP contribution in [-0.2, 0) is 43.2 Å². The van der Waals surface area contributed by atoms with Gasteiger partial charge in [0.1, 0.15) is 6.54 Å². The van der Waals surface area contributed by atoms with Gasteiger partial charge in [0.2, 0.25) is 42.4 Å². The summed E-state index contributed by atoms with van der Waals surface area (Å²) in [5.41, 5.74) is 3.71. The molecule has 0 amide bonds. The van der Waals surface area contributed by atoms with Crippen LogP contribution in [0.3, 0.4) is 0 Å². The minimum atomic E-state index is -4.66. The fourth-order valence-corrected chi connectivity index (χ4v) is 8.22. The molecule has 0 spiro atoms. The first-order valence-electron chi connectivity index (χ1n) is 20.2. The van der Waals surface area contributed by atoms with Gasteiger partial charge in [-0.15, -0.1) is 22.1 Å². The zero-order valence-corrected chi connectivity index (χ0v) is 35.7. The largest absolute Gasteiger partial charge is 2.00 e. The van der Waals surface area contributed by atoms with Crippen molar-refractivity contribution in [3.8, 4) is 45.0 Å². The summed E-state index contributed by atoms with van der Waals surface area (Å²) in [6, 6.07) is 25.5. The van der Waals surface area contributed by atoms with Gasteiger partial charge in [0.25, 0.3) is 0 Å². The van der Waals surface area contributed by atoms with Gasteiger partial charge in [-0.25, -0.2) is 9.97 Å². The quantitative estimate of drug-likeness (QED) is 0.0866. The molecule has 9 rings (SSSR count). The maximum atomic E-state index is 14.2. The minimum Gasteiger partial charge on any atom is -0.656 e. The molecule has 8 bridgehead atoms. The van der Waals surface area contributed by atoms with Crippen LogP contribution in [-0.4, -0.2) is 28.5 Å². The Morgan fingerprint density at radius 3 is 0.909 bits per heavy atom. The van der Waals surface area contributed by atoms with E-state index in [1.165, 1.54) is 55.0 Å². The molecule has 2 aliphatic heterocycles. The summed E-state index contributed by atoms with van der Waals surface area (Å²) in [5.74, 6) is 0. The Hall–Kier alpha value is -6.91. The van der Waals surface area contributed by atoms with Gasteiger partial charge in [0.15, 0.2) is 24.8 Å². The Morgan fingerprint density at radius 2 is 0.652 bits per heavy atom. The number of hydrogen-bond donors (Lipinski definition) is 0. The van der Waals surface area contributed by atoms with E-state index in [0.29, 0.717) is 29.0 Å². The van der Waals surface area contributed by atoms with Gasteiger partial charge in [0.05, 0.1) is 45.0 Å². The number of rotatable bonds is 8. The predicted octanol–water partition coefficient (Wildman–Crippen LogP) is 9.44. The van der Waals surface area contributed by atoms with Gasteiger partial charge in [-0.3, -0.25) is 0 Å². The summed E-state index contributed by atoms with van der Waals surface area (Å²) in [4.78, 5) is 20.0. The maximum absolute atomic E-state index is 14.2. The molecule has 0 N–H and O–H groups in total. The molecule has 18 heteroatoms. The minimum absolute atomic E-state index is 0. The monoisotopic (exact) mass is 949 g/mol. The van der Waals surface area contributed by atoms with Crippen LogP contribution in [0.4, 0.5) is 39.5 Å². The number of aromatic nitrogens is 8. The van der Waals surface area contributed by atoms with E-state index in [2.05, 4.69) is 0 Å². The number of nitrogens with zero attached hydrogens (tertiary/aromatic N) is 8. The fourth-order valence-electron chi connectivity index (χ4n) is 8.22. The number of pyridine rings is 4. The van der Waals surface area contributed by atoms with Crippen LogP contribution in [0.15, 0.2) is 122 Å². The van der Waals surface area contributed by atoms with Crippen molar-refractivity contribution in [2.24, 2.45) is 0 Å². The number of hydrogen-bond acceptors (Lipinski definition) is 2. The number of alkyl halides is 9. The van der Waals surface area contributed by atoms with Crippen molar-refractivity contribution in [1.82, 2.24) is 19.9 Å². The molecule has 0 aromatic carbocycles. The van der Waals surface area contributed by atoms with E-state index in [-0.39, 0.29) is 84.5 Å². The molecular formula is C48H35F9MnN8+4. The van der Waals surface area contributed by atoms with Gasteiger partial charge in [-0.1, -0.05) is 24.3 Å². The molecule has 0 atom stereocenters. The zero-order valence-electron chi connectivity index (χ0n) is 34.5. The molecule has 2 aliphatic rings. The molecule has 0 saturated carbocycles. The molecule has 0 fully saturated rings. The molecule has 9 heterocycles. The molecule has 0 saturated heterocycles. The van der Waals surface area contributed by atoms with Crippen molar-refractivity contribution in [3.05, 3.63) is 145 Å². The number of aryl methyl sites for hydroxylation is 1. The third-order valence-corrected chi connectivity index (χ3v) is 10.8. The Labute approximate surface area is 381 Å². The topological polar surface area (TPSA) is 69.5 Å². The molecule has 7 aromatic rings. The molecule has 0 aliphatic carbocycles. The van der Waals surface area contributed by atoms with E-state index < -0.39 is 38.2 Å². The Morgan fingerprint density at radius 1 is 0.394 bits per heavy atom. The summed E-state index contributed by atoms with van der Waals surface area (Å²) in [6.45, 7) is -1.65. The van der Waals surface area contributed by atoms with E-state index in [1.54, 1.807) is 66.8 Å². The molecule has 333 valence electrons. The SMILES string of the molecule is CC[n+]1ccccc1-c1c2nc(c(-c3cccc[n+]3CC(F)(F)F)c3ccc([n-]3)c(-c3cccc[n+]3CC(F)(F)F)c3nc(c(-c4cccc[n+]4CC(F)(F)F)c4ccc1[n-]4)C=C3)C=C2.[Mn+2]. The van der Waals surface area contributed by atoms with Gasteiger partial charge in [-0.2, -0.15) is 57.8 Å². The van der Waals surface area contributed by atoms with Crippen LogP contribution in [0.1, 0.15) is 29.7 Å².